The molecule has 0 aromatic carbocycles. The highest BCUT2D eigenvalue weighted by molar-refractivity contribution is 5.97. The number of carbonyl (C=O) groups excluding carboxylic acids is 1. The van der Waals surface area contributed by atoms with Crippen molar-refractivity contribution in [2.75, 3.05) is 23.9 Å². The van der Waals surface area contributed by atoms with E-state index in [1.54, 1.807) is 11.9 Å². The van der Waals surface area contributed by atoms with E-state index >= 15 is 0 Å². The Labute approximate surface area is 156 Å². The van der Waals surface area contributed by atoms with Crippen LogP contribution in [-0.2, 0) is 11.3 Å². The van der Waals surface area contributed by atoms with Gasteiger partial charge < -0.3 is 19.5 Å². The average molecular weight is 364 g/mol. The fourth-order valence-corrected chi connectivity index (χ4v) is 3.32. The number of carbonyl (C=O) groups is 1. The summed E-state index contributed by atoms with van der Waals surface area (Å²) in [7, 11) is 1.72. The number of anilines is 3. The van der Waals surface area contributed by atoms with E-state index in [9.17, 15) is 4.79 Å². The molecule has 0 unspecified atom stereocenters. The van der Waals surface area contributed by atoms with Crippen molar-refractivity contribution < 1.29 is 9.53 Å². The van der Waals surface area contributed by atoms with Gasteiger partial charge in [0.2, 0.25) is 5.88 Å². The zero-order valence-corrected chi connectivity index (χ0v) is 15.3. The summed E-state index contributed by atoms with van der Waals surface area (Å²) < 4.78 is 7.59. The number of pyridine rings is 2. The van der Waals surface area contributed by atoms with Crippen LogP contribution in [-0.4, -0.2) is 39.1 Å². The number of imidazole rings is 1. The number of likely N-dealkylation sites (N-methyl/N-ethyl adjacent to an activating group) is 1. The van der Waals surface area contributed by atoms with Crippen LogP contribution in [0.25, 0.3) is 11.2 Å². The maximum absolute atomic E-state index is 11.7. The molecule has 0 spiro atoms. The predicted molar refractivity (Wildman–Crippen MR) is 101 cm³/mol. The molecule has 8 heteroatoms. The van der Waals surface area contributed by atoms with Crippen LogP contribution in [0.1, 0.15) is 18.4 Å². The minimum Gasteiger partial charge on any atom is -0.466 e. The standard InChI is InChI=1S/C19H20N6O2/c1-11-7-15(22-18-17(11)20-10-25(18)8-12-3-4-12)21-14-6-5-13-19(23-14)27-9-16(26)24(13)2/h5-7,10,12H,3-4,8-9H2,1-2H3,(H,21,22,23). The minimum absolute atomic E-state index is 0.00359. The summed E-state index contributed by atoms with van der Waals surface area (Å²) in [5.74, 6) is 2.44. The van der Waals surface area contributed by atoms with Crippen LogP contribution in [0.15, 0.2) is 24.5 Å². The summed E-state index contributed by atoms with van der Waals surface area (Å²) in [6, 6.07) is 5.61. The van der Waals surface area contributed by atoms with Gasteiger partial charge in [-0.05, 0) is 49.4 Å². The number of fused-ring (bicyclic) bond motifs is 2. The topological polar surface area (TPSA) is 85.2 Å². The average Bonchev–Trinajstić information content (AvgIpc) is 3.38. The van der Waals surface area contributed by atoms with Gasteiger partial charge in [-0.1, -0.05) is 0 Å². The zero-order valence-electron chi connectivity index (χ0n) is 15.3. The van der Waals surface area contributed by atoms with Crippen molar-refractivity contribution in [1.29, 1.82) is 0 Å². The van der Waals surface area contributed by atoms with E-state index in [2.05, 4.69) is 19.9 Å². The molecular weight excluding hydrogens is 344 g/mol. The first kappa shape index (κ1) is 16.0. The van der Waals surface area contributed by atoms with Crippen molar-refractivity contribution in [2.24, 2.45) is 5.92 Å². The number of rotatable bonds is 4. The third kappa shape index (κ3) is 2.87. The Morgan fingerprint density at radius 3 is 2.93 bits per heavy atom. The lowest BCUT2D eigenvalue weighted by Gasteiger charge is -2.25. The number of hydrogen-bond acceptors (Lipinski definition) is 6. The second kappa shape index (κ2) is 5.94. The highest BCUT2D eigenvalue weighted by Crippen LogP contribution is 2.33. The Bertz CT molecular complexity index is 1060. The maximum atomic E-state index is 11.7. The molecule has 4 heterocycles. The number of aromatic nitrogens is 4. The highest BCUT2D eigenvalue weighted by atomic mass is 16.5. The Balaban J connectivity index is 1.46. The first-order valence-corrected chi connectivity index (χ1v) is 9.08. The Kier molecular flexibility index (Phi) is 3.53. The lowest BCUT2D eigenvalue weighted by Crippen LogP contribution is -2.35. The SMILES string of the molecule is Cc1cc(Nc2ccc3c(n2)OCC(=O)N3C)nc2c1ncn2CC1CC1. The fraction of sp³-hybridized carbons (Fsp3) is 0.368. The third-order valence-corrected chi connectivity index (χ3v) is 5.08. The largest absolute Gasteiger partial charge is 0.466 e. The lowest BCUT2D eigenvalue weighted by molar-refractivity contribution is -0.121. The third-order valence-electron chi connectivity index (χ3n) is 5.08. The van der Waals surface area contributed by atoms with Crippen molar-refractivity contribution in [2.45, 2.75) is 26.3 Å². The molecule has 0 atom stereocenters. The van der Waals surface area contributed by atoms with Gasteiger partial charge in [0.25, 0.3) is 5.91 Å². The van der Waals surface area contributed by atoms with Crippen LogP contribution in [0.3, 0.4) is 0 Å². The summed E-state index contributed by atoms with van der Waals surface area (Å²) in [6.07, 6.45) is 4.45. The smallest absolute Gasteiger partial charge is 0.264 e. The summed E-state index contributed by atoms with van der Waals surface area (Å²) in [5.41, 5.74) is 3.56. The van der Waals surface area contributed by atoms with Gasteiger partial charge in [0, 0.05) is 13.6 Å². The van der Waals surface area contributed by atoms with Gasteiger partial charge in [0.1, 0.15) is 22.8 Å². The monoisotopic (exact) mass is 364 g/mol. The number of nitrogens with one attached hydrogen (secondary N) is 1. The lowest BCUT2D eigenvalue weighted by atomic mass is 10.2. The molecule has 0 saturated heterocycles. The van der Waals surface area contributed by atoms with Crippen LogP contribution in [0.2, 0.25) is 0 Å². The van der Waals surface area contributed by atoms with Crippen LogP contribution >= 0.6 is 0 Å². The van der Waals surface area contributed by atoms with Crippen molar-refractivity contribution in [1.82, 2.24) is 19.5 Å². The number of nitrogens with zero attached hydrogens (tertiary/aromatic N) is 5. The fourth-order valence-electron chi connectivity index (χ4n) is 3.32. The minimum atomic E-state index is -0.0864. The van der Waals surface area contributed by atoms with Gasteiger partial charge in [0.05, 0.1) is 6.33 Å². The molecule has 138 valence electrons. The number of hydrogen-bond donors (Lipinski definition) is 1. The molecule has 1 aliphatic heterocycles. The highest BCUT2D eigenvalue weighted by Gasteiger charge is 2.24. The van der Waals surface area contributed by atoms with Gasteiger partial charge in [-0.15, -0.1) is 0 Å². The normalized spacial score (nSPS) is 16.4. The molecule has 0 bridgehead atoms. The molecule has 1 saturated carbocycles. The summed E-state index contributed by atoms with van der Waals surface area (Å²) >= 11 is 0. The van der Waals surface area contributed by atoms with Crippen LogP contribution < -0.4 is 15.0 Å². The zero-order chi connectivity index (χ0) is 18.5. The van der Waals surface area contributed by atoms with Crippen LogP contribution in [0.5, 0.6) is 5.88 Å². The van der Waals surface area contributed by atoms with Gasteiger partial charge in [-0.3, -0.25) is 4.79 Å². The molecule has 8 nitrogen and oxygen atoms in total. The number of aryl methyl sites for hydroxylation is 1. The van der Waals surface area contributed by atoms with Crippen LogP contribution in [0.4, 0.5) is 17.3 Å². The van der Waals surface area contributed by atoms with Gasteiger partial charge in [-0.2, -0.15) is 4.98 Å². The molecule has 1 fully saturated rings. The second-order valence-corrected chi connectivity index (χ2v) is 7.22. The Morgan fingerprint density at radius 1 is 1.26 bits per heavy atom. The molecule has 2 aliphatic rings. The Morgan fingerprint density at radius 2 is 2.11 bits per heavy atom. The van der Waals surface area contributed by atoms with E-state index in [0.717, 1.165) is 29.2 Å². The van der Waals surface area contributed by atoms with E-state index in [1.807, 2.05) is 31.5 Å². The van der Waals surface area contributed by atoms with E-state index in [-0.39, 0.29) is 12.5 Å². The Hall–Kier alpha value is -3.16. The molecule has 27 heavy (non-hydrogen) atoms. The first-order chi connectivity index (χ1) is 13.1. The summed E-state index contributed by atoms with van der Waals surface area (Å²) in [5, 5.41) is 3.25. The first-order valence-electron chi connectivity index (χ1n) is 9.08. The van der Waals surface area contributed by atoms with Gasteiger partial charge in [-0.25, -0.2) is 9.97 Å². The number of amides is 1. The maximum Gasteiger partial charge on any atom is 0.264 e. The van der Waals surface area contributed by atoms with Crippen molar-refractivity contribution in [3.63, 3.8) is 0 Å². The molecule has 1 aliphatic carbocycles. The van der Waals surface area contributed by atoms with E-state index in [1.165, 1.54) is 12.8 Å². The van der Waals surface area contributed by atoms with Crippen LogP contribution in [0, 0.1) is 12.8 Å². The van der Waals surface area contributed by atoms with Gasteiger partial charge >= 0.3 is 0 Å². The summed E-state index contributed by atoms with van der Waals surface area (Å²) in [4.78, 5) is 27.0. The second-order valence-electron chi connectivity index (χ2n) is 7.22. The van der Waals surface area contributed by atoms with E-state index in [4.69, 9.17) is 9.72 Å². The van der Waals surface area contributed by atoms with Crippen molar-refractivity contribution in [3.8, 4) is 5.88 Å². The van der Waals surface area contributed by atoms with Crippen molar-refractivity contribution >= 4 is 34.4 Å². The molecule has 5 rings (SSSR count). The quantitative estimate of drug-likeness (QED) is 0.766. The molecule has 1 amide bonds. The van der Waals surface area contributed by atoms with Crippen molar-refractivity contribution in [3.05, 3.63) is 30.1 Å². The molecule has 0 radical (unpaired) electrons. The van der Waals surface area contributed by atoms with Gasteiger partial charge in [0.15, 0.2) is 12.3 Å². The molecular formula is C19H20N6O2. The molecule has 3 aromatic heterocycles. The molecule has 3 aromatic rings. The number of ether oxygens (including phenoxy) is 1. The predicted octanol–water partition coefficient (Wildman–Crippen LogP) is 2.64. The van der Waals surface area contributed by atoms with E-state index in [0.29, 0.717) is 23.2 Å². The summed E-state index contributed by atoms with van der Waals surface area (Å²) in [6.45, 7) is 3.01. The van der Waals surface area contributed by atoms with E-state index < -0.39 is 0 Å². The molecule has 1 N–H and O–H groups in total.